The predicted octanol–water partition coefficient (Wildman–Crippen LogP) is 0.0482. The lowest BCUT2D eigenvalue weighted by Gasteiger charge is -2.07. The van der Waals surface area contributed by atoms with Gasteiger partial charge in [0.1, 0.15) is 11.5 Å². The Morgan fingerprint density at radius 2 is 2.08 bits per heavy atom. The first-order valence-corrected chi connectivity index (χ1v) is 4.90. The molecule has 0 amide bonds. The van der Waals surface area contributed by atoms with E-state index in [0.29, 0.717) is 0 Å². The molecule has 3 N–H and O–H groups in total. The number of methoxy groups -OCH3 is 1. The van der Waals surface area contributed by atoms with E-state index in [9.17, 15) is 13.5 Å². The van der Waals surface area contributed by atoms with Gasteiger partial charge in [-0.15, -0.1) is 0 Å². The molecular weight excluding hydrogens is 194 g/mol. The highest BCUT2D eigenvalue weighted by molar-refractivity contribution is 7.89. The minimum Gasteiger partial charge on any atom is -0.506 e. The van der Waals surface area contributed by atoms with Crippen LogP contribution < -0.4 is 9.88 Å². The summed E-state index contributed by atoms with van der Waals surface area (Å²) in [5, 5.41) is 14.1. The van der Waals surface area contributed by atoms with Crippen molar-refractivity contribution in [1.29, 1.82) is 0 Å². The van der Waals surface area contributed by atoms with Crippen LogP contribution in [0.1, 0.15) is 0 Å². The number of sulfonamides is 1. The van der Waals surface area contributed by atoms with Crippen molar-refractivity contribution in [3.63, 3.8) is 0 Å². The second-order valence-electron chi connectivity index (χ2n) is 2.35. The molecule has 72 valence electrons. The fourth-order valence-electron chi connectivity index (χ4n) is 0.951. The summed E-state index contributed by atoms with van der Waals surface area (Å²) in [6.07, 6.45) is 0. The highest BCUT2D eigenvalue weighted by Gasteiger charge is 2.19. The van der Waals surface area contributed by atoms with Gasteiger partial charge in [0.2, 0.25) is 10.0 Å². The van der Waals surface area contributed by atoms with Crippen molar-refractivity contribution in [2.24, 2.45) is 5.14 Å². The summed E-state index contributed by atoms with van der Waals surface area (Å²) in [5.74, 6) is -0.385. The van der Waals surface area contributed by atoms with Gasteiger partial charge in [-0.05, 0) is 12.1 Å². The van der Waals surface area contributed by atoms with Gasteiger partial charge >= 0.3 is 0 Å². The third-order valence-electron chi connectivity index (χ3n) is 1.46. The van der Waals surface area contributed by atoms with Crippen molar-refractivity contribution in [3.05, 3.63) is 18.2 Å². The molecular formula is C7H9NO4S. The Labute approximate surface area is 75.8 Å². The Balaban J connectivity index is 3.50. The minimum atomic E-state index is -3.95. The summed E-state index contributed by atoms with van der Waals surface area (Å²) in [4.78, 5) is -0.391. The SMILES string of the molecule is COc1cccc(O)c1S(N)(=O)=O. The molecule has 0 spiro atoms. The zero-order chi connectivity index (χ0) is 10.1. The van der Waals surface area contributed by atoms with Crippen LogP contribution in [0.25, 0.3) is 0 Å². The van der Waals surface area contributed by atoms with Crippen LogP contribution in [0, 0.1) is 0 Å². The maximum Gasteiger partial charge on any atom is 0.245 e. The number of ether oxygens (including phenoxy) is 1. The van der Waals surface area contributed by atoms with Gasteiger partial charge in [-0.1, -0.05) is 6.07 Å². The molecule has 0 fully saturated rings. The van der Waals surface area contributed by atoms with Crippen LogP contribution in [0.15, 0.2) is 23.1 Å². The normalized spacial score (nSPS) is 11.2. The standard InChI is InChI=1S/C7H9NO4S/c1-12-6-4-2-3-5(9)7(6)13(8,10)11/h2-4,9H,1H3,(H2,8,10,11). The molecule has 0 heterocycles. The van der Waals surface area contributed by atoms with Gasteiger partial charge in [-0.3, -0.25) is 0 Å². The summed E-state index contributed by atoms with van der Waals surface area (Å²) in [7, 11) is -2.66. The Kier molecular flexibility index (Phi) is 2.44. The van der Waals surface area contributed by atoms with E-state index in [0.717, 1.165) is 0 Å². The number of phenolic OH excluding ortho intramolecular Hbond substituents is 1. The van der Waals surface area contributed by atoms with Gasteiger partial charge in [-0.25, -0.2) is 13.6 Å². The molecule has 13 heavy (non-hydrogen) atoms. The molecule has 0 aliphatic rings. The van der Waals surface area contributed by atoms with E-state index in [1.807, 2.05) is 0 Å². The second-order valence-corrected chi connectivity index (χ2v) is 3.85. The van der Waals surface area contributed by atoms with Crippen LogP contribution in [0.3, 0.4) is 0 Å². The van der Waals surface area contributed by atoms with Crippen LogP contribution in [0.2, 0.25) is 0 Å². The highest BCUT2D eigenvalue weighted by Crippen LogP contribution is 2.30. The summed E-state index contributed by atoms with van der Waals surface area (Å²) in [6.45, 7) is 0. The number of primary sulfonamides is 1. The average molecular weight is 203 g/mol. The number of aromatic hydroxyl groups is 1. The Morgan fingerprint density at radius 3 is 2.46 bits per heavy atom. The molecule has 0 bridgehead atoms. The zero-order valence-electron chi connectivity index (χ0n) is 6.89. The van der Waals surface area contributed by atoms with E-state index in [1.54, 1.807) is 0 Å². The zero-order valence-corrected chi connectivity index (χ0v) is 7.71. The minimum absolute atomic E-state index is 0.0301. The molecule has 6 heteroatoms. The van der Waals surface area contributed by atoms with Crippen molar-refractivity contribution < 1.29 is 18.3 Å². The average Bonchev–Trinajstić information content (AvgIpc) is 2.01. The van der Waals surface area contributed by atoms with Crippen LogP contribution >= 0.6 is 0 Å². The van der Waals surface area contributed by atoms with Crippen LogP contribution in [0.5, 0.6) is 11.5 Å². The van der Waals surface area contributed by atoms with Crippen LogP contribution in [0.4, 0.5) is 0 Å². The summed E-state index contributed by atoms with van der Waals surface area (Å²) >= 11 is 0. The monoisotopic (exact) mass is 203 g/mol. The molecule has 0 aliphatic carbocycles. The first-order valence-electron chi connectivity index (χ1n) is 3.35. The Morgan fingerprint density at radius 1 is 1.46 bits per heavy atom. The van der Waals surface area contributed by atoms with Gasteiger partial charge in [0.05, 0.1) is 7.11 Å². The molecule has 0 radical (unpaired) electrons. The maximum atomic E-state index is 11.0. The lowest BCUT2D eigenvalue weighted by atomic mass is 10.3. The highest BCUT2D eigenvalue weighted by atomic mass is 32.2. The first kappa shape index (κ1) is 9.82. The predicted molar refractivity (Wildman–Crippen MR) is 46.0 cm³/mol. The van der Waals surface area contributed by atoms with E-state index in [-0.39, 0.29) is 5.75 Å². The molecule has 0 aliphatic heterocycles. The largest absolute Gasteiger partial charge is 0.506 e. The van der Waals surface area contributed by atoms with E-state index in [4.69, 9.17) is 9.88 Å². The Bertz CT molecular complexity index is 413. The molecule has 0 unspecified atom stereocenters. The van der Waals surface area contributed by atoms with Crippen molar-refractivity contribution in [1.82, 2.24) is 0 Å². The van der Waals surface area contributed by atoms with Crippen molar-refractivity contribution in [2.75, 3.05) is 7.11 Å². The lowest BCUT2D eigenvalue weighted by Crippen LogP contribution is -2.13. The third-order valence-corrected chi connectivity index (χ3v) is 2.44. The van der Waals surface area contributed by atoms with Crippen molar-refractivity contribution in [2.45, 2.75) is 4.90 Å². The number of hydrogen-bond donors (Lipinski definition) is 2. The molecule has 0 aromatic heterocycles. The number of phenols is 1. The van der Waals surface area contributed by atoms with Gasteiger partial charge < -0.3 is 9.84 Å². The van der Waals surface area contributed by atoms with Gasteiger partial charge in [0.15, 0.2) is 4.90 Å². The second kappa shape index (κ2) is 3.23. The first-order chi connectivity index (χ1) is 5.96. The Hall–Kier alpha value is -1.27. The molecule has 1 aromatic carbocycles. The topological polar surface area (TPSA) is 89.6 Å². The number of rotatable bonds is 2. The van der Waals surface area contributed by atoms with Gasteiger partial charge in [0.25, 0.3) is 0 Å². The molecule has 0 atom stereocenters. The molecule has 5 nitrogen and oxygen atoms in total. The number of nitrogens with two attached hydrogens (primary N) is 1. The van der Waals surface area contributed by atoms with Gasteiger partial charge in [-0.2, -0.15) is 0 Å². The quantitative estimate of drug-likeness (QED) is 0.710. The van der Waals surface area contributed by atoms with Crippen LogP contribution in [-0.4, -0.2) is 20.6 Å². The molecule has 1 rings (SSSR count). The molecule has 0 saturated carbocycles. The van der Waals surface area contributed by atoms with Crippen LogP contribution in [-0.2, 0) is 10.0 Å². The summed E-state index contributed by atoms with van der Waals surface area (Å²) in [5.41, 5.74) is 0. The molecule has 0 saturated heterocycles. The number of benzene rings is 1. The van der Waals surface area contributed by atoms with Crippen molar-refractivity contribution >= 4 is 10.0 Å². The smallest absolute Gasteiger partial charge is 0.245 e. The summed E-state index contributed by atoms with van der Waals surface area (Å²) < 4.78 is 26.7. The summed E-state index contributed by atoms with van der Waals surface area (Å²) in [6, 6.07) is 4.09. The van der Waals surface area contributed by atoms with E-state index in [1.165, 1.54) is 25.3 Å². The molecule has 1 aromatic rings. The van der Waals surface area contributed by atoms with E-state index < -0.39 is 20.7 Å². The maximum absolute atomic E-state index is 11.0. The lowest BCUT2D eigenvalue weighted by molar-refractivity contribution is 0.388. The van der Waals surface area contributed by atoms with E-state index >= 15 is 0 Å². The fourth-order valence-corrected chi connectivity index (χ4v) is 1.74. The fraction of sp³-hybridized carbons (Fsp3) is 0.143. The third kappa shape index (κ3) is 1.90. The van der Waals surface area contributed by atoms with Gasteiger partial charge in [0, 0.05) is 0 Å². The number of hydrogen-bond acceptors (Lipinski definition) is 4. The van der Waals surface area contributed by atoms with E-state index in [2.05, 4.69) is 0 Å². The van der Waals surface area contributed by atoms with Crippen molar-refractivity contribution in [3.8, 4) is 11.5 Å².